The van der Waals surface area contributed by atoms with E-state index >= 15 is 0 Å². The van der Waals surface area contributed by atoms with E-state index < -0.39 is 23.9 Å². The van der Waals surface area contributed by atoms with Crippen LogP contribution in [0.15, 0.2) is 6.07 Å². The summed E-state index contributed by atoms with van der Waals surface area (Å²) in [4.78, 5) is 3.26. The number of pyridine rings is 1. The Kier molecular flexibility index (Phi) is 3.47. The van der Waals surface area contributed by atoms with Gasteiger partial charge >= 0.3 is 6.18 Å². The number of rotatable bonds is 2. The average Bonchev–Trinajstić information content (AvgIpc) is 2.15. The number of nitrogens with zero attached hydrogens (tertiary/aromatic N) is 1. The maximum absolute atomic E-state index is 12.4. The lowest BCUT2D eigenvalue weighted by molar-refractivity contribution is -0.140. The summed E-state index contributed by atoms with van der Waals surface area (Å²) < 4.78 is 62.1. The fourth-order valence-corrected chi connectivity index (χ4v) is 1.27. The lowest BCUT2D eigenvalue weighted by atomic mass is 10.1. The SMILES string of the molecule is Cc1cc(C(F)(F)F)c(C(F)F)nc1CN. The summed E-state index contributed by atoms with van der Waals surface area (Å²) >= 11 is 0. The molecule has 1 aromatic heterocycles. The van der Waals surface area contributed by atoms with Crippen LogP contribution in [0, 0.1) is 6.92 Å². The number of aromatic nitrogens is 1. The normalized spacial score (nSPS) is 12.2. The molecular formula is C9H9F5N2. The number of aryl methyl sites for hydroxylation is 1. The summed E-state index contributed by atoms with van der Waals surface area (Å²) in [6.45, 7) is 1.17. The predicted molar refractivity (Wildman–Crippen MR) is 46.8 cm³/mol. The Morgan fingerprint density at radius 1 is 1.38 bits per heavy atom. The van der Waals surface area contributed by atoms with Crippen LogP contribution in [0.2, 0.25) is 0 Å². The average molecular weight is 240 g/mol. The van der Waals surface area contributed by atoms with E-state index in [0.717, 1.165) is 0 Å². The third-order valence-corrected chi connectivity index (χ3v) is 2.05. The zero-order valence-electron chi connectivity index (χ0n) is 8.28. The summed E-state index contributed by atoms with van der Waals surface area (Å²) in [6.07, 6.45) is -8.11. The molecule has 1 rings (SSSR count). The Hall–Kier alpha value is -1.24. The quantitative estimate of drug-likeness (QED) is 0.807. The fourth-order valence-electron chi connectivity index (χ4n) is 1.27. The van der Waals surface area contributed by atoms with Gasteiger partial charge in [0.15, 0.2) is 0 Å². The molecule has 0 spiro atoms. The van der Waals surface area contributed by atoms with Crippen molar-refractivity contribution in [3.63, 3.8) is 0 Å². The predicted octanol–water partition coefficient (Wildman–Crippen LogP) is 2.81. The number of hydrogen-bond donors (Lipinski definition) is 1. The van der Waals surface area contributed by atoms with Gasteiger partial charge in [-0.3, -0.25) is 0 Å². The van der Waals surface area contributed by atoms with Crippen molar-refractivity contribution < 1.29 is 22.0 Å². The van der Waals surface area contributed by atoms with Crippen LogP contribution in [-0.2, 0) is 12.7 Å². The molecule has 2 nitrogen and oxygen atoms in total. The van der Waals surface area contributed by atoms with Crippen LogP contribution in [-0.4, -0.2) is 4.98 Å². The van der Waals surface area contributed by atoms with E-state index in [1.54, 1.807) is 0 Å². The maximum atomic E-state index is 12.4. The van der Waals surface area contributed by atoms with E-state index in [1.807, 2.05) is 0 Å². The van der Waals surface area contributed by atoms with E-state index in [4.69, 9.17) is 5.73 Å². The van der Waals surface area contributed by atoms with E-state index in [2.05, 4.69) is 4.98 Å². The zero-order chi connectivity index (χ0) is 12.5. The van der Waals surface area contributed by atoms with Crippen LogP contribution in [0.25, 0.3) is 0 Å². The summed E-state index contributed by atoms with van der Waals surface area (Å²) in [6, 6.07) is 0.649. The van der Waals surface area contributed by atoms with Crippen LogP contribution in [0.3, 0.4) is 0 Å². The van der Waals surface area contributed by atoms with Crippen LogP contribution in [0.5, 0.6) is 0 Å². The summed E-state index contributed by atoms with van der Waals surface area (Å²) in [7, 11) is 0. The molecule has 0 saturated heterocycles. The minimum Gasteiger partial charge on any atom is -0.325 e. The standard InChI is InChI=1S/C9H9F5N2/c1-4-2-5(9(12,13)14)7(8(10)11)16-6(4)3-15/h2,8H,3,15H2,1H3. The first-order valence-corrected chi connectivity index (χ1v) is 4.33. The highest BCUT2D eigenvalue weighted by molar-refractivity contribution is 5.32. The summed E-state index contributed by atoms with van der Waals surface area (Å²) in [5.41, 5.74) is 2.72. The molecular weight excluding hydrogens is 231 g/mol. The number of halogens is 5. The Bertz CT molecular complexity index is 386. The van der Waals surface area contributed by atoms with Gasteiger partial charge in [-0.05, 0) is 18.6 Å². The highest BCUT2D eigenvalue weighted by Crippen LogP contribution is 2.36. The molecule has 16 heavy (non-hydrogen) atoms. The van der Waals surface area contributed by atoms with E-state index in [-0.39, 0.29) is 17.8 Å². The highest BCUT2D eigenvalue weighted by atomic mass is 19.4. The van der Waals surface area contributed by atoms with Gasteiger partial charge in [-0.2, -0.15) is 13.2 Å². The van der Waals surface area contributed by atoms with Crippen molar-refractivity contribution in [2.24, 2.45) is 5.73 Å². The van der Waals surface area contributed by atoms with E-state index in [1.165, 1.54) is 6.92 Å². The number of hydrogen-bond acceptors (Lipinski definition) is 2. The van der Waals surface area contributed by atoms with Gasteiger partial charge in [-0.1, -0.05) is 0 Å². The second kappa shape index (κ2) is 4.32. The fraction of sp³-hybridized carbons (Fsp3) is 0.444. The Morgan fingerprint density at radius 3 is 2.31 bits per heavy atom. The number of alkyl halides is 5. The lowest BCUT2D eigenvalue weighted by Crippen LogP contribution is -2.15. The van der Waals surface area contributed by atoms with Crippen molar-refractivity contribution in [3.8, 4) is 0 Å². The molecule has 0 radical (unpaired) electrons. The van der Waals surface area contributed by atoms with Crippen molar-refractivity contribution in [3.05, 3.63) is 28.6 Å². The second-order valence-electron chi connectivity index (χ2n) is 3.19. The maximum Gasteiger partial charge on any atom is 0.418 e. The van der Waals surface area contributed by atoms with Gasteiger partial charge in [0, 0.05) is 6.54 Å². The van der Waals surface area contributed by atoms with Crippen molar-refractivity contribution >= 4 is 0 Å². The second-order valence-corrected chi connectivity index (χ2v) is 3.19. The molecule has 0 bridgehead atoms. The van der Waals surface area contributed by atoms with Gasteiger partial charge < -0.3 is 5.73 Å². The van der Waals surface area contributed by atoms with Crippen LogP contribution in [0.4, 0.5) is 22.0 Å². The van der Waals surface area contributed by atoms with Crippen molar-refractivity contribution in [1.29, 1.82) is 0 Å². The molecule has 90 valence electrons. The van der Waals surface area contributed by atoms with Gasteiger partial charge in [0.2, 0.25) is 0 Å². The van der Waals surface area contributed by atoms with Gasteiger partial charge in [0.05, 0.1) is 11.3 Å². The first-order chi connectivity index (χ1) is 7.27. The molecule has 1 heterocycles. The molecule has 0 aliphatic carbocycles. The smallest absolute Gasteiger partial charge is 0.325 e. The van der Waals surface area contributed by atoms with E-state index in [0.29, 0.717) is 6.07 Å². The van der Waals surface area contributed by atoms with Crippen LogP contribution >= 0.6 is 0 Å². The van der Waals surface area contributed by atoms with Gasteiger partial charge in [-0.25, -0.2) is 13.8 Å². The Morgan fingerprint density at radius 2 is 1.94 bits per heavy atom. The number of nitrogens with two attached hydrogens (primary N) is 1. The molecule has 0 saturated carbocycles. The zero-order valence-corrected chi connectivity index (χ0v) is 8.28. The molecule has 0 unspecified atom stereocenters. The van der Waals surface area contributed by atoms with Crippen molar-refractivity contribution in [2.75, 3.05) is 0 Å². The molecule has 0 fully saturated rings. The molecule has 1 aromatic rings. The molecule has 0 amide bonds. The minimum atomic E-state index is -4.84. The van der Waals surface area contributed by atoms with Crippen molar-refractivity contribution in [1.82, 2.24) is 4.98 Å². The topological polar surface area (TPSA) is 38.9 Å². The Labute approximate surface area is 88.3 Å². The summed E-state index contributed by atoms with van der Waals surface area (Å²) in [5.74, 6) is 0. The monoisotopic (exact) mass is 240 g/mol. The third kappa shape index (κ3) is 2.46. The Balaban J connectivity index is 3.42. The third-order valence-electron chi connectivity index (χ3n) is 2.05. The molecule has 7 heteroatoms. The molecule has 0 atom stereocenters. The van der Waals surface area contributed by atoms with E-state index in [9.17, 15) is 22.0 Å². The van der Waals surface area contributed by atoms with Gasteiger partial charge in [-0.15, -0.1) is 0 Å². The van der Waals surface area contributed by atoms with Crippen molar-refractivity contribution in [2.45, 2.75) is 26.1 Å². The van der Waals surface area contributed by atoms with Gasteiger partial charge in [0.25, 0.3) is 6.43 Å². The van der Waals surface area contributed by atoms with Gasteiger partial charge in [0.1, 0.15) is 5.69 Å². The lowest BCUT2D eigenvalue weighted by Gasteiger charge is -2.14. The summed E-state index contributed by atoms with van der Waals surface area (Å²) in [5, 5.41) is 0. The molecule has 0 aliphatic rings. The first kappa shape index (κ1) is 12.8. The first-order valence-electron chi connectivity index (χ1n) is 4.33. The van der Waals surface area contributed by atoms with Crippen LogP contribution < -0.4 is 5.73 Å². The van der Waals surface area contributed by atoms with Crippen LogP contribution in [0.1, 0.15) is 28.9 Å². The molecule has 0 aromatic carbocycles. The molecule has 2 N–H and O–H groups in total. The largest absolute Gasteiger partial charge is 0.418 e. The minimum absolute atomic E-state index is 0.0447. The molecule has 0 aliphatic heterocycles. The highest BCUT2D eigenvalue weighted by Gasteiger charge is 2.37.